The maximum atomic E-state index is 5.55. The molecule has 16 heavy (non-hydrogen) atoms. The molecule has 0 bridgehead atoms. The van der Waals surface area contributed by atoms with Gasteiger partial charge in [0, 0.05) is 19.4 Å². The zero-order chi connectivity index (χ0) is 11.6. The predicted octanol–water partition coefficient (Wildman–Crippen LogP) is 2.34. The van der Waals surface area contributed by atoms with Crippen molar-refractivity contribution in [1.82, 2.24) is 15.5 Å². The number of nitrogens with zero attached hydrogens (tertiary/aromatic N) is 2. The Morgan fingerprint density at radius 2 is 1.69 bits per heavy atom. The van der Waals surface area contributed by atoms with Gasteiger partial charge in [-0.1, -0.05) is 26.7 Å². The fourth-order valence-corrected chi connectivity index (χ4v) is 1.51. The van der Waals surface area contributed by atoms with Crippen molar-refractivity contribution >= 4 is 0 Å². The molecule has 4 nitrogen and oxygen atoms in total. The van der Waals surface area contributed by atoms with E-state index in [1.165, 1.54) is 12.8 Å². The fourth-order valence-electron chi connectivity index (χ4n) is 1.51. The minimum atomic E-state index is 0.759. The summed E-state index contributed by atoms with van der Waals surface area (Å²) in [6, 6.07) is 0. The Labute approximate surface area is 97.8 Å². The van der Waals surface area contributed by atoms with E-state index >= 15 is 0 Å². The summed E-state index contributed by atoms with van der Waals surface area (Å²) in [5, 5.41) is 11.4. The highest BCUT2D eigenvalue weighted by atomic mass is 16.4. The van der Waals surface area contributed by atoms with E-state index < -0.39 is 0 Å². The normalized spacial score (nSPS) is 10.9. The number of nitrogens with one attached hydrogen (secondary N) is 1. The quantitative estimate of drug-likeness (QED) is 0.655. The van der Waals surface area contributed by atoms with Crippen molar-refractivity contribution in [2.45, 2.75) is 52.4 Å². The van der Waals surface area contributed by atoms with Gasteiger partial charge in [-0.3, -0.25) is 0 Å². The number of rotatable bonds is 9. The van der Waals surface area contributed by atoms with Gasteiger partial charge >= 0.3 is 0 Å². The average molecular weight is 225 g/mol. The first-order valence-electron chi connectivity index (χ1n) is 6.38. The van der Waals surface area contributed by atoms with Crippen LogP contribution in [0.5, 0.6) is 0 Å². The van der Waals surface area contributed by atoms with Crippen molar-refractivity contribution in [2.24, 2.45) is 0 Å². The average Bonchev–Trinajstić information content (AvgIpc) is 2.73. The highest BCUT2D eigenvalue weighted by Gasteiger charge is 2.04. The fraction of sp³-hybridized carbons (Fsp3) is 0.833. The lowest BCUT2D eigenvalue weighted by molar-refractivity contribution is 0.437. The van der Waals surface area contributed by atoms with Crippen LogP contribution in [-0.4, -0.2) is 23.3 Å². The van der Waals surface area contributed by atoms with Crippen LogP contribution in [0.1, 0.15) is 51.3 Å². The molecule has 0 aromatic carbocycles. The molecule has 0 saturated carbocycles. The molecule has 0 fully saturated rings. The standard InChI is InChI=1S/C12H23N3O/c1-3-5-6-7-11-14-15-12(16-11)8-10-13-9-4-2/h13H,3-10H2,1-2H3. The molecule has 0 amide bonds. The number of hydrogen-bond acceptors (Lipinski definition) is 4. The molecule has 0 aliphatic carbocycles. The van der Waals surface area contributed by atoms with E-state index in [0.29, 0.717) is 0 Å². The molecular weight excluding hydrogens is 202 g/mol. The smallest absolute Gasteiger partial charge is 0.217 e. The first kappa shape index (κ1) is 13.2. The zero-order valence-corrected chi connectivity index (χ0v) is 10.5. The van der Waals surface area contributed by atoms with Gasteiger partial charge in [-0.05, 0) is 19.4 Å². The number of unbranched alkanes of at least 4 members (excludes halogenated alkanes) is 2. The Balaban J connectivity index is 2.17. The summed E-state index contributed by atoms with van der Waals surface area (Å²) in [5.74, 6) is 1.55. The van der Waals surface area contributed by atoms with Crippen molar-refractivity contribution in [3.63, 3.8) is 0 Å². The monoisotopic (exact) mass is 225 g/mol. The summed E-state index contributed by atoms with van der Waals surface area (Å²) in [7, 11) is 0. The zero-order valence-electron chi connectivity index (χ0n) is 10.5. The minimum absolute atomic E-state index is 0.759. The largest absolute Gasteiger partial charge is 0.425 e. The lowest BCUT2D eigenvalue weighted by Gasteiger charge is -1.98. The molecule has 0 saturated heterocycles. The molecule has 1 N–H and O–H groups in total. The highest BCUT2D eigenvalue weighted by molar-refractivity contribution is 4.82. The number of aromatic nitrogens is 2. The topological polar surface area (TPSA) is 51.0 Å². The summed E-state index contributed by atoms with van der Waals surface area (Å²) < 4.78 is 5.55. The third-order valence-corrected chi connectivity index (χ3v) is 2.45. The molecule has 0 aliphatic heterocycles. The third kappa shape index (κ3) is 5.26. The molecule has 4 heteroatoms. The Kier molecular flexibility index (Phi) is 6.81. The van der Waals surface area contributed by atoms with Gasteiger partial charge in [-0.15, -0.1) is 10.2 Å². The first-order chi connectivity index (χ1) is 7.86. The van der Waals surface area contributed by atoms with E-state index in [-0.39, 0.29) is 0 Å². The summed E-state index contributed by atoms with van der Waals surface area (Å²) in [4.78, 5) is 0. The van der Waals surface area contributed by atoms with Crippen molar-refractivity contribution < 1.29 is 4.42 Å². The van der Waals surface area contributed by atoms with E-state index in [2.05, 4.69) is 29.4 Å². The molecule has 1 heterocycles. The second kappa shape index (κ2) is 8.28. The molecule has 0 spiro atoms. The number of hydrogen-bond donors (Lipinski definition) is 1. The van der Waals surface area contributed by atoms with Gasteiger partial charge in [0.05, 0.1) is 0 Å². The van der Waals surface area contributed by atoms with Gasteiger partial charge in [0.2, 0.25) is 11.8 Å². The van der Waals surface area contributed by atoms with Gasteiger partial charge in [-0.25, -0.2) is 0 Å². The summed E-state index contributed by atoms with van der Waals surface area (Å²) in [6.07, 6.45) is 6.51. The van der Waals surface area contributed by atoms with E-state index in [0.717, 1.165) is 50.6 Å². The maximum absolute atomic E-state index is 5.55. The number of aryl methyl sites for hydroxylation is 1. The van der Waals surface area contributed by atoms with Crippen molar-refractivity contribution in [2.75, 3.05) is 13.1 Å². The second-order valence-corrected chi connectivity index (χ2v) is 4.05. The van der Waals surface area contributed by atoms with E-state index in [9.17, 15) is 0 Å². The van der Waals surface area contributed by atoms with E-state index in [4.69, 9.17) is 4.42 Å². The van der Waals surface area contributed by atoms with Gasteiger partial charge < -0.3 is 9.73 Å². The second-order valence-electron chi connectivity index (χ2n) is 4.05. The van der Waals surface area contributed by atoms with Crippen LogP contribution >= 0.6 is 0 Å². The molecular formula is C12H23N3O. The van der Waals surface area contributed by atoms with Gasteiger partial charge in [0.15, 0.2) is 0 Å². The van der Waals surface area contributed by atoms with Crippen molar-refractivity contribution in [1.29, 1.82) is 0 Å². The van der Waals surface area contributed by atoms with Crippen LogP contribution in [0.4, 0.5) is 0 Å². The third-order valence-electron chi connectivity index (χ3n) is 2.45. The Hall–Kier alpha value is -0.900. The maximum Gasteiger partial charge on any atom is 0.217 e. The molecule has 1 aromatic heterocycles. The molecule has 1 rings (SSSR count). The SMILES string of the molecule is CCCCCc1nnc(CCNCCC)o1. The molecule has 0 atom stereocenters. The molecule has 0 unspecified atom stereocenters. The molecule has 92 valence electrons. The van der Waals surface area contributed by atoms with Crippen LogP contribution in [0.25, 0.3) is 0 Å². The Morgan fingerprint density at radius 3 is 2.38 bits per heavy atom. The predicted molar refractivity (Wildman–Crippen MR) is 64.4 cm³/mol. The first-order valence-corrected chi connectivity index (χ1v) is 6.38. The molecule has 1 aromatic rings. The van der Waals surface area contributed by atoms with Crippen molar-refractivity contribution in [3.05, 3.63) is 11.8 Å². The Morgan fingerprint density at radius 1 is 0.938 bits per heavy atom. The van der Waals surface area contributed by atoms with Crippen LogP contribution in [0.3, 0.4) is 0 Å². The Bertz CT molecular complexity index is 273. The lowest BCUT2D eigenvalue weighted by Crippen LogP contribution is -2.17. The summed E-state index contributed by atoms with van der Waals surface area (Å²) in [6.45, 7) is 6.33. The lowest BCUT2D eigenvalue weighted by atomic mass is 10.2. The van der Waals surface area contributed by atoms with E-state index in [1.807, 2.05) is 0 Å². The highest BCUT2D eigenvalue weighted by Crippen LogP contribution is 2.05. The minimum Gasteiger partial charge on any atom is -0.425 e. The van der Waals surface area contributed by atoms with Crippen LogP contribution in [0.2, 0.25) is 0 Å². The van der Waals surface area contributed by atoms with Crippen LogP contribution < -0.4 is 5.32 Å². The van der Waals surface area contributed by atoms with Crippen molar-refractivity contribution in [3.8, 4) is 0 Å². The molecule has 0 radical (unpaired) electrons. The van der Waals surface area contributed by atoms with Gasteiger partial charge in [0.1, 0.15) is 0 Å². The summed E-state index contributed by atoms with van der Waals surface area (Å²) >= 11 is 0. The van der Waals surface area contributed by atoms with E-state index in [1.54, 1.807) is 0 Å². The van der Waals surface area contributed by atoms with Gasteiger partial charge in [0.25, 0.3) is 0 Å². The van der Waals surface area contributed by atoms with Crippen LogP contribution in [0, 0.1) is 0 Å². The van der Waals surface area contributed by atoms with Crippen LogP contribution in [-0.2, 0) is 12.8 Å². The molecule has 0 aliphatic rings. The van der Waals surface area contributed by atoms with Crippen LogP contribution in [0.15, 0.2) is 4.42 Å². The summed E-state index contributed by atoms with van der Waals surface area (Å²) in [5.41, 5.74) is 0. The van der Waals surface area contributed by atoms with Gasteiger partial charge in [-0.2, -0.15) is 0 Å².